The molecule has 0 N–H and O–H groups in total. The summed E-state index contributed by atoms with van der Waals surface area (Å²) in [6.07, 6.45) is 5.17. The average molecular weight is 430 g/mol. The van der Waals surface area contributed by atoms with Crippen molar-refractivity contribution < 1.29 is 18.9 Å². The van der Waals surface area contributed by atoms with Crippen molar-refractivity contribution in [3.05, 3.63) is 82.4 Å². The highest BCUT2D eigenvalue weighted by Crippen LogP contribution is 2.38. The van der Waals surface area contributed by atoms with E-state index in [-0.39, 0.29) is 6.79 Å². The number of nitrogens with zero attached hydrogens (tertiary/aromatic N) is 1. The van der Waals surface area contributed by atoms with Crippen LogP contribution >= 0.6 is 0 Å². The van der Waals surface area contributed by atoms with Crippen LogP contribution in [-0.4, -0.2) is 32.5 Å². The van der Waals surface area contributed by atoms with Gasteiger partial charge in [0.25, 0.3) is 0 Å². The van der Waals surface area contributed by atoms with Gasteiger partial charge in [0.05, 0.1) is 14.2 Å². The number of methoxy groups -OCH3 is 2. The van der Waals surface area contributed by atoms with E-state index in [1.807, 2.05) is 6.07 Å². The molecule has 0 atom stereocenters. The highest BCUT2D eigenvalue weighted by molar-refractivity contribution is 5.76. The van der Waals surface area contributed by atoms with E-state index in [9.17, 15) is 0 Å². The van der Waals surface area contributed by atoms with Gasteiger partial charge in [-0.05, 0) is 46.9 Å². The van der Waals surface area contributed by atoms with Gasteiger partial charge in [0.15, 0.2) is 23.0 Å². The van der Waals surface area contributed by atoms with Gasteiger partial charge in [-0.3, -0.25) is 4.90 Å². The van der Waals surface area contributed by atoms with E-state index in [0.29, 0.717) is 0 Å². The number of benzene rings is 3. The lowest BCUT2D eigenvalue weighted by Gasteiger charge is -2.26. The number of fused-ring (bicyclic) bond motifs is 3. The Kier molecular flexibility index (Phi) is 5.73. The molecule has 3 aromatic rings. The summed E-state index contributed by atoms with van der Waals surface area (Å²) in [6, 6.07) is 18.9. The predicted octanol–water partition coefficient (Wildman–Crippen LogP) is 5.16. The molecule has 0 unspecified atom stereocenters. The minimum atomic E-state index is 0.273. The molecule has 5 nitrogen and oxygen atoms in total. The van der Waals surface area contributed by atoms with E-state index < -0.39 is 0 Å². The molecule has 32 heavy (non-hydrogen) atoms. The number of rotatable bonds is 4. The van der Waals surface area contributed by atoms with E-state index in [0.717, 1.165) is 65.7 Å². The first kappa shape index (κ1) is 20.5. The van der Waals surface area contributed by atoms with E-state index in [2.05, 4.69) is 65.6 Å². The lowest BCUT2D eigenvalue weighted by atomic mass is 9.97. The molecular weight excluding hydrogens is 402 g/mol. The van der Waals surface area contributed by atoms with Crippen molar-refractivity contribution in [3.8, 4) is 23.0 Å². The summed E-state index contributed by atoms with van der Waals surface area (Å²) in [5, 5.41) is 0. The summed E-state index contributed by atoms with van der Waals surface area (Å²) in [4.78, 5) is 2.47. The Morgan fingerprint density at radius 2 is 1.66 bits per heavy atom. The minimum absolute atomic E-state index is 0.273. The molecule has 0 saturated carbocycles. The fourth-order valence-electron chi connectivity index (χ4n) is 4.46. The lowest BCUT2D eigenvalue weighted by molar-refractivity contribution is 0.174. The van der Waals surface area contributed by atoms with Gasteiger partial charge in [0.2, 0.25) is 6.79 Å². The zero-order chi connectivity index (χ0) is 21.9. The molecule has 0 radical (unpaired) electrons. The zero-order valence-electron chi connectivity index (χ0n) is 18.5. The van der Waals surface area contributed by atoms with Crippen molar-refractivity contribution in [3.63, 3.8) is 0 Å². The van der Waals surface area contributed by atoms with Gasteiger partial charge in [0.1, 0.15) is 0 Å². The second-order valence-electron chi connectivity index (χ2n) is 8.05. The molecule has 0 aromatic heterocycles. The lowest BCUT2D eigenvalue weighted by Crippen LogP contribution is -2.26. The fraction of sp³-hybridized carbons (Fsp3) is 0.259. The molecule has 2 aliphatic heterocycles. The van der Waals surface area contributed by atoms with Gasteiger partial charge in [0, 0.05) is 25.2 Å². The average Bonchev–Trinajstić information content (AvgIpc) is 3.28. The van der Waals surface area contributed by atoms with Gasteiger partial charge < -0.3 is 18.9 Å². The summed E-state index contributed by atoms with van der Waals surface area (Å²) >= 11 is 0. The predicted molar refractivity (Wildman–Crippen MR) is 125 cm³/mol. The molecule has 2 heterocycles. The smallest absolute Gasteiger partial charge is 0.231 e. The topological polar surface area (TPSA) is 40.2 Å². The maximum Gasteiger partial charge on any atom is 0.231 e. The Balaban J connectivity index is 1.60. The summed E-state index contributed by atoms with van der Waals surface area (Å²) in [7, 11) is 3.39. The molecule has 3 aromatic carbocycles. The third kappa shape index (κ3) is 4.04. The summed E-state index contributed by atoms with van der Waals surface area (Å²) in [6.45, 7) is 2.83. The normalized spacial score (nSPS) is 16.1. The zero-order valence-corrected chi connectivity index (χ0v) is 18.5. The first-order valence-electron chi connectivity index (χ1n) is 10.9. The van der Waals surface area contributed by atoms with Crippen molar-refractivity contribution >= 4 is 12.2 Å². The van der Waals surface area contributed by atoms with Crippen LogP contribution in [0, 0.1) is 0 Å². The molecule has 2 aliphatic rings. The quantitative estimate of drug-likeness (QED) is 0.573. The molecule has 0 fully saturated rings. The van der Waals surface area contributed by atoms with Crippen LogP contribution in [0.15, 0.2) is 54.6 Å². The molecule has 0 amide bonds. The second kappa shape index (κ2) is 8.97. The van der Waals surface area contributed by atoms with Gasteiger partial charge in [-0.1, -0.05) is 48.6 Å². The van der Waals surface area contributed by atoms with Crippen LogP contribution in [0.5, 0.6) is 23.0 Å². The maximum atomic E-state index is 5.77. The standard InChI is InChI=1S/C27H27NO4/c1-29-24-11-10-20-8-9-21-14-25-26(32-18-31-25)15-22(21)17-28(13-12-23(20)27(24)30-2)16-19-6-4-3-5-7-19/h3-11,14-15H,12-13,16-18H2,1-2H3/b9-8-. The van der Waals surface area contributed by atoms with Crippen molar-refractivity contribution in [2.45, 2.75) is 19.5 Å². The number of hydrogen-bond donors (Lipinski definition) is 0. The Morgan fingerprint density at radius 1 is 0.875 bits per heavy atom. The summed E-state index contributed by atoms with van der Waals surface area (Å²) in [5.41, 5.74) is 5.94. The van der Waals surface area contributed by atoms with Gasteiger partial charge in [-0.2, -0.15) is 0 Å². The molecular formula is C27H27NO4. The van der Waals surface area contributed by atoms with Crippen LogP contribution < -0.4 is 18.9 Å². The van der Waals surface area contributed by atoms with Crippen molar-refractivity contribution in [2.24, 2.45) is 0 Å². The van der Waals surface area contributed by atoms with Crippen molar-refractivity contribution in [1.82, 2.24) is 4.90 Å². The second-order valence-corrected chi connectivity index (χ2v) is 8.05. The van der Waals surface area contributed by atoms with Crippen LogP contribution in [0.25, 0.3) is 12.2 Å². The van der Waals surface area contributed by atoms with Crippen LogP contribution in [0.4, 0.5) is 0 Å². The van der Waals surface area contributed by atoms with Crippen LogP contribution in [0.1, 0.15) is 27.8 Å². The van der Waals surface area contributed by atoms with Crippen LogP contribution in [0.3, 0.4) is 0 Å². The summed E-state index contributed by atoms with van der Waals surface area (Å²) < 4.78 is 22.6. The molecule has 0 aliphatic carbocycles. The molecule has 0 spiro atoms. The molecule has 0 saturated heterocycles. The Labute approximate surface area is 188 Å². The number of ether oxygens (including phenoxy) is 4. The highest BCUT2D eigenvalue weighted by Gasteiger charge is 2.21. The molecule has 164 valence electrons. The fourth-order valence-corrected chi connectivity index (χ4v) is 4.46. The first-order chi connectivity index (χ1) is 15.7. The van der Waals surface area contributed by atoms with Gasteiger partial charge in [-0.15, -0.1) is 0 Å². The van der Waals surface area contributed by atoms with Gasteiger partial charge >= 0.3 is 0 Å². The molecule has 0 bridgehead atoms. The van der Waals surface area contributed by atoms with Crippen molar-refractivity contribution in [1.29, 1.82) is 0 Å². The molecule has 5 heteroatoms. The van der Waals surface area contributed by atoms with Crippen molar-refractivity contribution in [2.75, 3.05) is 27.6 Å². The van der Waals surface area contributed by atoms with E-state index in [1.54, 1.807) is 14.2 Å². The van der Waals surface area contributed by atoms with E-state index in [4.69, 9.17) is 18.9 Å². The van der Waals surface area contributed by atoms with Crippen LogP contribution in [-0.2, 0) is 19.5 Å². The van der Waals surface area contributed by atoms with Crippen LogP contribution in [0.2, 0.25) is 0 Å². The van der Waals surface area contributed by atoms with E-state index >= 15 is 0 Å². The maximum absolute atomic E-state index is 5.77. The minimum Gasteiger partial charge on any atom is -0.493 e. The SMILES string of the molecule is COc1ccc2c(c1OC)CCN(Cc1ccccc1)Cc1cc3c(cc1/C=C\2)OCO3. The number of hydrogen-bond acceptors (Lipinski definition) is 5. The Morgan fingerprint density at radius 3 is 2.44 bits per heavy atom. The summed E-state index contributed by atoms with van der Waals surface area (Å²) in [5.74, 6) is 3.18. The monoisotopic (exact) mass is 429 g/mol. The van der Waals surface area contributed by atoms with E-state index in [1.165, 1.54) is 11.1 Å². The Hall–Kier alpha value is -3.44. The molecule has 5 rings (SSSR count). The highest BCUT2D eigenvalue weighted by atomic mass is 16.7. The Bertz CT molecular complexity index is 1140. The third-order valence-electron chi connectivity index (χ3n) is 6.08. The first-order valence-corrected chi connectivity index (χ1v) is 10.9. The van der Waals surface area contributed by atoms with Gasteiger partial charge in [-0.25, -0.2) is 0 Å². The largest absolute Gasteiger partial charge is 0.493 e. The third-order valence-corrected chi connectivity index (χ3v) is 6.08.